The quantitative estimate of drug-likeness (QED) is 0.338. The second-order valence-corrected chi connectivity index (χ2v) is 8.90. The number of nitrogens with zero attached hydrogens (tertiary/aromatic N) is 3. The maximum absolute atomic E-state index is 4.51. The van der Waals surface area contributed by atoms with E-state index >= 15 is 0 Å². The first-order chi connectivity index (χ1) is 13.5. The van der Waals surface area contributed by atoms with Gasteiger partial charge in [-0.05, 0) is 44.7 Å². The lowest BCUT2D eigenvalue weighted by Gasteiger charge is -2.33. The molecule has 160 valence electrons. The van der Waals surface area contributed by atoms with Crippen molar-refractivity contribution in [2.45, 2.75) is 52.6 Å². The third-order valence-electron chi connectivity index (χ3n) is 5.45. The summed E-state index contributed by atoms with van der Waals surface area (Å²) in [5.41, 5.74) is 3.99. The van der Waals surface area contributed by atoms with Gasteiger partial charge < -0.3 is 10.6 Å². The fourth-order valence-corrected chi connectivity index (χ4v) is 4.69. The molecule has 0 aliphatic carbocycles. The molecule has 0 spiro atoms. The van der Waals surface area contributed by atoms with Crippen molar-refractivity contribution in [3.8, 4) is 0 Å². The van der Waals surface area contributed by atoms with Gasteiger partial charge in [0, 0.05) is 50.6 Å². The standard InChI is InChI=1S/C22H33N5S.HI/c1-16-7-5-6-8-19(16)15-27-13-10-20(11-14-27)26-22(23-4)24-12-9-21-17(2)25-18(3)28-21;/h5-8,20H,9-15H2,1-4H3,(H2,23,24,26);1H. The monoisotopic (exact) mass is 527 g/mol. The van der Waals surface area contributed by atoms with Gasteiger partial charge in [-0.1, -0.05) is 24.3 Å². The third-order valence-corrected chi connectivity index (χ3v) is 6.58. The second kappa shape index (κ2) is 11.9. The van der Waals surface area contributed by atoms with Gasteiger partial charge in [0.25, 0.3) is 0 Å². The molecule has 1 saturated heterocycles. The number of aryl methyl sites for hydroxylation is 3. The van der Waals surface area contributed by atoms with Crippen molar-refractivity contribution < 1.29 is 0 Å². The molecule has 0 unspecified atom stereocenters. The van der Waals surface area contributed by atoms with Gasteiger partial charge in [-0.2, -0.15) is 0 Å². The normalized spacial score (nSPS) is 15.8. The van der Waals surface area contributed by atoms with Crippen LogP contribution in [0.5, 0.6) is 0 Å². The van der Waals surface area contributed by atoms with Crippen LogP contribution in [0.1, 0.15) is 39.5 Å². The fraction of sp³-hybridized carbons (Fsp3) is 0.545. The lowest BCUT2D eigenvalue weighted by atomic mass is 10.0. The summed E-state index contributed by atoms with van der Waals surface area (Å²) in [6, 6.07) is 9.20. The number of aliphatic imine (C=N–C) groups is 1. The number of nitrogens with one attached hydrogen (secondary N) is 2. The predicted octanol–water partition coefficient (Wildman–Crippen LogP) is 4.06. The average molecular weight is 528 g/mol. The summed E-state index contributed by atoms with van der Waals surface area (Å²) in [4.78, 5) is 12.8. The van der Waals surface area contributed by atoms with Gasteiger partial charge in [0.15, 0.2) is 5.96 Å². The van der Waals surface area contributed by atoms with Gasteiger partial charge in [0.05, 0.1) is 10.7 Å². The van der Waals surface area contributed by atoms with E-state index in [4.69, 9.17) is 0 Å². The minimum Gasteiger partial charge on any atom is -0.356 e. The SMILES string of the molecule is CN=C(NCCc1sc(C)nc1C)NC1CCN(Cc2ccccc2C)CC1.I. The van der Waals surface area contributed by atoms with Crippen molar-refractivity contribution in [2.75, 3.05) is 26.7 Å². The molecule has 1 aromatic heterocycles. The van der Waals surface area contributed by atoms with E-state index in [-0.39, 0.29) is 24.0 Å². The number of hydrogen-bond donors (Lipinski definition) is 2. The number of likely N-dealkylation sites (tertiary alicyclic amines) is 1. The van der Waals surface area contributed by atoms with E-state index < -0.39 is 0 Å². The van der Waals surface area contributed by atoms with Crippen molar-refractivity contribution in [2.24, 2.45) is 4.99 Å². The number of halogens is 1. The Morgan fingerprint density at radius 2 is 1.93 bits per heavy atom. The molecule has 1 aliphatic rings. The van der Waals surface area contributed by atoms with E-state index in [1.54, 1.807) is 11.3 Å². The maximum atomic E-state index is 4.51. The van der Waals surface area contributed by atoms with Gasteiger partial charge in [-0.3, -0.25) is 9.89 Å². The van der Waals surface area contributed by atoms with E-state index in [9.17, 15) is 0 Å². The largest absolute Gasteiger partial charge is 0.356 e. The van der Waals surface area contributed by atoms with Crippen LogP contribution in [0.4, 0.5) is 0 Å². The number of guanidine groups is 1. The lowest BCUT2D eigenvalue weighted by Crippen LogP contribution is -2.48. The molecule has 5 nitrogen and oxygen atoms in total. The van der Waals surface area contributed by atoms with Crippen LogP contribution < -0.4 is 10.6 Å². The average Bonchev–Trinajstić information content (AvgIpc) is 3.01. The number of piperidine rings is 1. The Balaban J connectivity index is 0.00000300. The number of hydrogen-bond acceptors (Lipinski definition) is 4. The fourth-order valence-electron chi connectivity index (χ4n) is 3.75. The van der Waals surface area contributed by atoms with Crippen molar-refractivity contribution in [1.29, 1.82) is 0 Å². The molecule has 29 heavy (non-hydrogen) atoms. The number of rotatable bonds is 6. The highest BCUT2D eigenvalue weighted by Crippen LogP contribution is 2.18. The van der Waals surface area contributed by atoms with Crippen molar-refractivity contribution in [3.63, 3.8) is 0 Å². The summed E-state index contributed by atoms with van der Waals surface area (Å²) >= 11 is 1.79. The first-order valence-electron chi connectivity index (χ1n) is 10.2. The first kappa shape index (κ1) is 24.1. The van der Waals surface area contributed by atoms with Crippen molar-refractivity contribution in [3.05, 3.63) is 51.0 Å². The summed E-state index contributed by atoms with van der Waals surface area (Å²) in [5.74, 6) is 0.913. The van der Waals surface area contributed by atoms with E-state index in [0.717, 1.165) is 62.1 Å². The summed E-state index contributed by atoms with van der Waals surface area (Å²) in [5, 5.41) is 8.22. The highest BCUT2D eigenvalue weighted by molar-refractivity contribution is 14.0. The highest BCUT2D eigenvalue weighted by Gasteiger charge is 2.20. The molecule has 2 aromatic rings. The minimum absolute atomic E-state index is 0. The molecule has 3 rings (SSSR count). The van der Waals surface area contributed by atoms with Gasteiger partial charge in [0.1, 0.15) is 0 Å². The second-order valence-electron chi connectivity index (χ2n) is 7.61. The van der Waals surface area contributed by atoms with Crippen LogP contribution in [0.3, 0.4) is 0 Å². The molecule has 0 radical (unpaired) electrons. The van der Waals surface area contributed by atoms with Crippen LogP contribution in [0, 0.1) is 20.8 Å². The predicted molar refractivity (Wildman–Crippen MR) is 135 cm³/mol. The molecular formula is C22H34IN5S. The molecule has 0 amide bonds. The van der Waals surface area contributed by atoms with E-state index in [1.165, 1.54) is 16.0 Å². The van der Waals surface area contributed by atoms with Crippen LogP contribution in [0.15, 0.2) is 29.3 Å². The molecule has 0 bridgehead atoms. The number of benzene rings is 1. The van der Waals surface area contributed by atoms with Gasteiger partial charge in [-0.25, -0.2) is 4.98 Å². The Labute approximate surface area is 196 Å². The maximum Gasteiger partial charge on any atom is 0.191 e. The molecule has 0 saturated carbocycles. The van der Waals surface area contributed by atoms with Crippen LogP contribution in [0.2, 0.25) is 0 Å². The molecule has 1 aromatic carbocycles. The topological polar surface area (TPSA) is 52.6 Å². The highest BCUT2D eigenvalue weighted by atomic mass is 127. The zero-order valence-corrected chi connectivity index (χ0v) is 21.1. The van der Waals surface area contributed by atoms with E-state index in [2.05, 4.69) is 70.5 Å². The van der Waals surface area contributed by atoms with Gasteiger partial charge >= 0.3 is 0 Å². The molecule has 0 atom stereocenters. The Morgan fingerprint density at radius 1 is 1.21 bits per heavy atom. The molecule has 2 heterocycles. The van der Waals surface area contributed by atoms with Crippen LogP contribution in [0.25, 0.3) is 0 Å². The Hall–Kier alpha value is -1.19. The smallest absolute Gasteiger partial charge is 0.191 e. The molecule has 2 N–H and O–H groups in total. The van der Waals surface area contributed by atoms with E-state index in [1.807, 2.05) is 7.05 Å². The Kier molecular flexibility index (Phi) is 9.85. The number of thiazole rings is 1. The Morgan fingerprint density at radius 3 is 2.55 bits per heavy atom. The van der Waals surface area contributed by atoms with Gasteiger partial charge in [-0.15, -0.1) is 35.3 Å². The van der Waals surface area contributed by atoms with Crippen LogP contribution in [-0.4, -0.2) is 48.6 Å². The molecule has 1 fully saturated rings. The zero-order valence-electron chi connectivity index (χ0n) is 18.0. The summed E-state index contributed by atoms with van der Waals surface area (Å²) in [7, 11) is 1.85. The summed E-state index contributed by atoms with van der Waals surface area (Å²) < 4.78 is 0. The first-order valence-corrected chi connectivity index (χ1v) is 11.0. The lowest BCUT2D eigenvalue weighted by molar-refractivity contribution is 0.198. The minimum atomic E-state index is 0. The van der Waals surface area contributed by atoms with Gasteiger partial charge in [0.2, 0.25) is 0 Å². The molecule has 1 aliphatic heterocycles. The van der Waals surface area contributed by atoms with Crippen molar-refractivity contribution in [1.82, 2.24) is 20.5 Å². The summed E-state index contributed by atoms with van der Waals surface area (Å²) in [6.45, 7) is 10.6. The van der Waals surface area contributed by atoms with E-state index in [0.29, 0.717) is 6.04 Å². The van der Waals surface area contributed by atoms with Crippen LogP contribution >= 0.6 is 35.3 Å². The zero-order chi connectivity index (χ0) is 19.9. The number of aromatic nitrogens is 1. The third kappa shape index (κ3) is 7.22. The van der Waals surface area contributed by atoms with Crippen LogP contribution in [-0.2, 0) is 13.0 Å². The summed E-state index contributed by atoms with van der Waals surface area (Å²) in [6.07, 6.45) is 3.30. The Bertz CT molecular complexity index is 796. The molecule has 7 heteroatoms. The van der Waals surface area contributed by atoms with Crippen molar-refractivity contribution >= 4 is 41.3 Å². The molecular weight excluding hydrogens is 493 g/mol.